The second kappa shape index (κ2) is 10.3. The summed E-state index contributed by atoms with van der Waals surface area (Å²) in [6, 6.07) is 9.61. The number of piperazine rings is 1. The Kier molecular flexibility index (Phi) is 7.45. The molecule has 7 nitrogen and oxygen atoms in total. The molecule has 2 aliphatic heterocycles. The molecule has 2 saturated heterocycles. The van der Waals surface area contributed by atoms with E-state index in [9.17, 15) is 23.8 Å². The van der Waals surface area contributed by atoms with Gasteiger partial charge in [-0.05, 0) is 42.5 Å². The van der Waals surface area contributed by atoms with Crippen LogP contribution in [0, 0.1) is 11.6 Å². The minimum Gasteiger partial charge on any atom is -0.394 e. The first-order valence-corrected chi connectivity index (χ1v) is 11.2. The van der Waals surface area contributed by atoms with E-state index in [1.165, 1.54) is 24.3 Å². The number of anilines is 1. The number of carbonyl (C=O) groups excluding carboxylic acids is 1. The zero-order chi connectivity index (χ0) is 23.5. The number of ether oxygens (including phenoxy) is 1. The van der Waals surface area contributed by atoms with Gasteiger partial charge < -0.3 is 25.2 Å². The van der Waals surface area contributed by atoms with Crippen molar-refractivity contribution in [1.82, 2.24) is 10.2 Å². The van der Waals surface area contributed by atoms with Crippen LogP contribution in [0.15, 0.2) is 42.5 Å². The zero-order valence-corrected chi connectivity index (χ0v) is 18.6. The van der Waals surface area contributed by atoms with Crippen LogP contribution in [-0.2, 0) is 4.74 Å². The topological polar surface area (TPSA) is 85.3 Å². The summed E-state index contributed by atoms with van der Waals surface area (Å²) in [6.07, 6.45) is -2.23. The number of aliphatic hydroxyl groups excluding tert-OH is 2. The van der Waals surface area contributed by atoms with Gasteiger partial charge in [-0.1, -0.05) is 11.6 Å². The third-order valence-electron chi connectivity index (χ3n) is 6.21. The number of carbonyl (C=O) groups is 1. The van der Waals surface area contributed by atoms with Gasteiger partial charge in [-0.25, -0.2) is 8.78 Å². The Morgan fingerprint density at radius 1 is 1.09 bits per heavy atom. The quantitative estimate of drug-likeness (QED) is 0.582. The lowest BCUT2D eigenvalue weighted by Gasteiger charge is -2.41. The third-order valence-corrected chi connectivity index (χ3v) is 6.50. The standard InChI is InChI=1S/C23H26ClF2N3O4/c24-17-11-14(1-6-18(17)26)23(32)27-12-19-21(22(31)20(13-30)33-19)29-9-7-28(8-10-29)16-4-2-15(25)3-5-16/h1-6,11,19-22,30-31H,7-10,12-13H2,(H,27,32)/t19-,20+,21-,22-/m1/s1. The molecule has 0 saturated carbocycles. The van der Waals surface area contributed by atoms with Crippen LogP contribution < -0.4 is 10.2 Å². The first-order valence-electron chi connectivity index (χ1n) is 10.8. The lowest BCUT2D eigenvalue weighted by molar-refractivity contribution is -0.0209. The predicted molar refractivity (Wildman–Crippen MR) is 119 cm³/mol. The number of amides is 1. The average Bonchev–Trinajstić information content (AvgIpc) is 3.15. The number of rotatable bonds is 6. The molecule has 0 aromatic heterocycles. The van der Waals surface area contributed by atoms with Crippen LogP contribution in [0.2, 0.25) is 5.02 Å². The molecule has 0 unspecified atom stereocenters. The van der Waals surface area contributed by atoms with Crippen molar-refractivity contribution >= 4 is 23.2 Å². The summed E-state index contributed by atoms with van der Waals surface area (Å²) in [5, 5.41) is 23.0. The van der Waals surface area contributed by atoms with E-state index in [4.69, 9.17) is 16.3 Å². The second-order valence-electron chi connectivity index (χ2n) is 8.22. The van der Waals surface area contributed by atoms with E-state index in [0.717, 1.165) is 11.8 Å². The smallest absolute Gasteiger partial charge is 0.251 e. The van der Waals surface area contributed by atoms with E-state index in [0.29, 0.717) is 26.2 Å². The van der Waals surface area contributed by atoms with Crippen molar-refractivity contribution in [2.45, 2.75) is 24.4 Å². The number of hydrogen-bond acceptors (Lipinski definition) is 6. The second-order valence-corrected chi connectivity index (χ2v) is 8.62. The molecule has 4 rings (SSSR count). The molecule has 0 aliphatic carbocycles. The van der Waals surface area contributed by atoms with Crippen molar-refractivity contribution in [3.63, 3.8) is 0 Å². The Morgan fingerprint density at radius 3 is 2.42 bits per heavy atom. The first-order chi connectivity index (χ1) is 15.9. The zero-order valence-electron chi connectivity index (χ0n) is 17.8. The predicted octanol–water partition coefficient (Wildman–Crippen LogP) is 1.66. The molecule has 4 atom stereocenters. The Labute approximate surface area is 195 Å². The molecule has 0 radical (unpaired) electrons. The number of nitrogens with one attached hydrogen (secondary N) is 1. The molecular formula is C23H26ClF2N3O4. The molecule has 0 bridgehead atoms. The normalized spacial score (nSPS) is 25.9. The molecule has 2 fully saturated rings. The maximum atomic E-state index is 13.4. The molecule has 1 amide bonds. The first kappa shape index (κ1) is 23.8. The SMILES string of the molecule is O=C(NC[C@H]1O[C@@H](CO)[C@@H](O)[C@@H]1N1CCN(c2ccc(F)cc2)CC1)c1ccc(F)c(Cl)c1. The number of aliphatic hydroxyl groups is 2. The Balaban J connectivity index is 1.39. The maximum absolute atomic E-state index is 13.4. The highest BCUT2D eigenvalue weighted by Gasteiger charge is 2.46. The van der Waals surface area contributed by atoms with Crippen LogP contribution >= 0.6 is 11.6 Å². The minimum atomic E-state index is -0.922. The van der Waals surface area contributed by atoms with Crippen LogP contribution in [0.3, 0.4) is 0 Å². The van der Waals surface area contributed by atoms with Gasteiger partial charge in [-0.2, -0.15) is 0 Å². The van der Waals surface area contributed by atoms with E-state index in [2.05, 4.69) is 15.1 Å². The Bertz CT molecular complexity index is 973. The summed E-state index contributed by atoms with van der Waals surface area (Å²) in [5.74, 6) is -1.34. The van der Waals surface area contributed by atoms with Crippen LogP contribution in [-0.4, -0.2) is 84.7 Å². The van der Waals surface area contributed by atoms with Gasteiger partial charge in [0, 0.05) is 44.0 Å². The third kappa shape index (κ3) is 5.28. The number of nitrogens with zero attached hydrogens (tertiary/aromatic N) is 2. The molecule has 0 spiro atoms. The van der Waals surface area contributed by atoms with Gasteiger partial charge in [0.15, 0.2) is 0 Å². The van der Waals surface area contributed by atoms with Crippen molar-refractivity contribution in [1.29, 1.82) is 0 Å². The summed E-state index contributed by atoms with van der Waals surface area (Å²) in [6.45, 7) is 2.35. The number of hydrogen-bond donors (Lipinski definition) is 3. The van der Waals surface area contributed by atoms with Crippen LogP contribution in [0.1, 0.15) is 10.4 Å². The average molecular weight is 482 g/mol. The highest BCUT2D eigenvalue weighted by Crippen LogP contribution is 2.28. The fourth-order valence-electron chi connectivity index (χ4n) is 4.46. The highest BCUT2D eigenvalue weighted by atomic mass is 35.5. The molecule has 10 heteroatoms. The van der Waals surface area contributed by atoms with Gasteiger partial charge in [-0.3, -0.25) is 9.69 Å². The maximum Gasteiger partial charge on any atom is 0.251 e. The summed E-state index contributed by atoms with van der Waals surface area (Å²) < 4.78 is 32.4. The van der Waals surface area contributed by atoms with E-state index >= 15 is 0 Å². The number of benzene rings is 2. The lowest BCUT2D eigenvalue weighted by Crippen LogP contribution is -2.57. The largest absolute Gasteiger partial charge is 0.394 e. The molecule has 33 heavy (non-hydrogen) atoms. The van der Waals surface area contributed by atoms with Crippen molar-refractivity contribution in [3.8, 4) is 0 Å². The fraction of sp³-hybridized carbons (Fsp3) is 0.435. The molecule has 3 N–H and O–H groups in total. The van der Waals surface area contributed by atoms with Gasteiger partial charge in [0.25, 0.3) is 5.91 Å². The van der Waals surface area contributed by atoms with E-state index in [1.807, 2.05) is 0 Å². The molecular weight excluding hydrogens is 456 g/mol. The van der Waals surface area contributed by atoms with Gasteiger partial charge in [0.05, 0.1) is 23.8 Å². The molecule has 2 aliphatic rings. The summed E-state index contributed by atoms with van der Waals surface area (Å²) >= 11 is 5.76. The highest BCUT2D eigenvalue weighted by molar-refractivity contribution is 6.31. The summed E-state index contributed by atoms with van der Waals surface area (Å²) in [5.41, 5.74) is 1.14. The lowest BCUT2D eigenvalue weighted by atomic mass is 10.0. The van der Waals surface area contributed by atoms with Crippen molar-refractivity contribution in [2.75, 3.05) is 44.2 Å². The summed E-state index contributed by atoms with van der Waals surface area (Å²) in [7, 11) is 0. The van der Waals surface area contributed by atoms with Crippen LogP contribution in [0.25, 0.3) is 0 Å². The summed E-state index contributed by atoms with van der Waals surface area (Å²) in [4.78, 5) is 16.7. The molecule has 178 valence electrons. The van der Waals surface area contributed by atoms with E-state index < -0.39 is 36.1 Å². The molecule has 2 heterocycles. The Morgan fingerprint density at radius 2 is 1.79 bits per heavy atom. The van der Waals surface area contributed by atoms with Gasteiger partial charge >= 0.3 is 0 Å². The van der Waals surface area contributed by atoms with Crippen molar-refractivity contribution in [3.05, 3.63) is 64.7 Å². The molecule has 2 aromatic rings. The van der Waals surface area contributed by atoms with Gasteiger partial charge in [-0.15, -0.1) is 0 Å². The van der Waals surface area contributed by atoms with Gasteiger partial charge in [0.2, 0.25) is 0 Å². The van der Waals surface area contributed by atoms with Crippen molar-refractivity contribution in [2.24, 2.45) is 0 Å². The number of halogens is 3. The molecule has 2 aromatic carbocycles. The van der Waals surface area contributed by atoms with Crippen LogP contribution in [0.4, 0.5) is 14.5 Å². The van der Waals surface area contributed by atoms with E-state index in [-0.39, 0.29) is 29.6 Å². The Hall–Kier alpha value is -2.30. The van der Waals surface area contributed by atoms with Gasteiger partial charge in [0.1, 0.15) is 23.8 Å². The van der Waals surface area contributed by atoms with Crippen LogP contribution in [0.5, 0.6) is 0 Å². The monoisotopic (exact) mass is 481 g/mol. The fourth-order valence-corrected chi connectivity index (χ4v) is 4.64. The van der Waals surface area contributed by atoms with Crippen molar-refractivity contribution < 1.29 is 28.5 Å². The van der Waals surface area contributed by atoms with E-state index in [1.54, 1.807) is 12.1 Å². The minimum absolute atomic E-state index is 0.101.